The second-order valence-electron chi connectivity index (χ2n) is 9.90. The number of carbonyl (C=O) groups is 1. The molecule has 1 aromatic carbocycles. The lowest BCUT2D eigenvalue weighted by molar-refractivity contribution is -0.289. The normalized spacial score (nSPS) is 19.6. The molecule has 2 aromatic rings. The highest BCUT2D eigenvalue weighted by Gasteiger charge is 2.35. The molecule has 0 radical (unpaired) electrons. The highest BCUT2D eigenvalue weighted by Crippen LogP contribution is 2.34. The Morgan fingerprint density at radius 1 is 1.19 bits per heavy atom. The Morgan fingerprint density at radius 3 is 2.44 bits per heavy atom. The van der Waals surface area contributed by atoms with Crippen molar-refractivity contribution in [1.82, 2.24) is 14.9 Å². The molecule has 0 spiro atoms. The van der Waals surface area contributed by atoms with Crippen molar-refractivity contribution in [2.75, 3.05) is 31.7 Å². The molecule has 1 amide bonds. The number of hydrogen-bond donors (Lipinski definition) is 0. The Labute approximate surface area is 218 Å². The lowest BCUT2D eigenvalue weighted by Gasteiger charge is -2.40. The van der Waals surface area contributed by atoms with Crippen LogP contribution in [-0.4, -0.2) is 66.2 Å². The number of benzene rings is 1. The number of hydrogen-bond acceptors (Lipinski definition) is 7. The summed E-state index contributed by atoms with van der Waals surface area (Å²) >= 11 is 1.52. The summed E-state index contributed by atoms with van der Waals surface area (Å²) in [6.07, 6.45) is 6.28. The molecule has 1 aliphatic rings. The van der Waals surface area contributed by atoms with E-state index in [1.54, 1.807) is 31.1 Å². The average molecular weight is 517 g/mol. The summed E-state index contributed by atoms with van der Waals surface area (Å²) in [5.74, 6) is -0.395. The molecule has 0 saturated carbocycles. The SMILES string of the molecule is CSN(C)c1nc(-c2ccc(F)cc2)c(/C=C/C2CC(CC(=O)N(C)C)OC(C)(C)O2)c(C(C)C)n1. The van der Waals surface area contributed by atoms with Crippen LogP contribution in [0.3, 0.4) is 0 Å². The highest BCUT2D eigenvalue weighted by atomic mass is 32.2. The summed E-state index contributed by atoms with van der Waals surface area (Å²) < 4.78 is 27.8. The van der Waals surface area contributed by atoms with Gasteiger partial charge in [-0.15, -0.1) is 0 Å². The average Bonchev–Trinajstić information content (AvgIpc) is 2.81. The Hall–Kier alpha value is -2.49. The van der Waals surface area contributed by atoms with Crippen LogP contribution in [-0.2, 0) is 14.3 Å². The fourth-order valence-corrected chi connectivity index (χ4v) is 4.35. The maximum absolute atomic E-state index is 13.7. The highest BCUT2D eigenvalue weighted by molar-refractivity contribution is 7.99. The van der Waals surface area contributed by atoms with Crippen molar-refractivity contribution in [3.8, 4) is 11.3 Å². The van der Waals surface area contributed by atoms with Gasteiger partial charge in [-0.05, 0) is 44.0 Å². The molecule has 2 heterocycles. The summed E-state index contributed by atoms with van der Waals surface area (Å²) in [4.78, 5) is 23.6. The zero-order valence-corrected chi connectivity index (χ0v) is 23.2. The van der Waals surface area contributed by atoms with Crippen LogP contribution in [0.15, 0.2) is 30.3 Å². The predicted molar refractivity (Wildman–Crippen MR) is 144 cm³/mol. The summed E-state index contributed by atoms with van der Waals surface area (Å²) in [6.45, 7) is 7.90. The third kappa shape index (κ3) is 7.05. The molecule has 1 aromatic heterocycles. The predicted octanol–water partition coefficient (Wildman–Crippen LogP) is 5.52. The molecule has 7 nitrogen and oxygen atoms in total. The minimum Gasteiger partial charge on any atom is -0.349 e. The first kappa shape index (κ1) is 28.1. The van der Waals surface area contributed by atoms with E-state index < -0.39 is 5.79 Å². The largest absolute Gasteiger partial charge is 0.349 e. The molecule has 1 fully saturated rings. The number of anilines is 1. The van der Waals surface area contributed by atoms with E-state index in [1.165, 1.54) is 24.1 Å². The minimum atomic E-state index is -0.827. The van der Waals surface area contributed by atoms with E-state index in [0.29, 0.717) is 18.8 Å². The van der Waals surface area contributed by atoms with E-state index in [1.807, 2.05) is 43.6 Å². The van der Waals surface area contributed by atoms with Crippen LogP contribution in [0.1, 0.15) is 57.7 Å². The van der Waals surface area contributed by atoms with Crippen molar-refractivity contribution in [3.05, 3.63) is 47.4 Å². The first-order valence-corrected chi connectivity index (χ1v) is 13.3. The lowest BCUT2D eigenvalue weighted by Crippen LogP contribution is -2.45. The van der Waals surface area contributed by atoms with Crippen LogP contribution in [0.4, 0.5) is 10.3 Å². The maximum atomic E-state index is 13.7. The Balaban J connectivity index is 2.03. The van der Waals surface area contributed by atoms with E-state index in [2.05, 4.69) is 13.8 Å². The molecule has 3 rings (SSSR count). The third-order valence-corrected chi connectivity index (χ3v) is 6.65. The molecule has 1 saturated heterocycles. The van der Waals surface area contributed by atoms with Gasteiger partial charge in [0.25, 0.3) is 0 Å². The molecule has 9 heteroatoms. The molecule has 196 valence electrons. The summed E-state index contributed by atoms with van der Waals surface area (Å²) in [5, 5.41) is 0. The first-order valence-electron chi connectivity index (χ1n) is 12.1. The van der Waals surface area contributed by atoms with Crippen LogP contribution >= 0.6 is 11.9 Å². The van der Waals surface area contributed by atoms with E-state index >= 15 is 0 Å². The van der Waals surface area contributed by atoms with Crippen molar-refractivity contribution in [3.63, 3.8) is 0 Å². The van der Waals surface area contributed by atoms with Gasteiger partial charge in [-0.3, -0.25) is 9.10 Å². The fraction of sp³-hybridized carbons (Fsp3) is 0.519. The summed E-state index contributed by atoms with van der Waals surface area (Å²) in [6, 6.07) is 6.35. The minimum absolute atomic E-state index is 0.0167. The van der Waals surface area contributed by atoms with E-state index in [0.717, 1.165) is 22.5 Å². The molecule has 36 heavy (non-hydrogen) atoms. The van der Waals surface area contributed by atoms with Gasteiger partial charge >= 0.3 is 0 Å². The zero-order chi connectivity index (χ0) is 26.6. The van der Waals surface area contributed by atoms with Crippen LogP contribution < -0.4 is 4.31 Å². The molecule has 2 atom stereocenters. The molecular formula is C27H37FN4O3S. The monoisotopic (exact) mass is 516 g/mol. The topological polar surface area (TPSA) is 67.8 Å². The third-order valence-electron chi connectivity index (χ3n) is 5.94. The molecule has 0 aliphatic carbocycles. The van der Waals surface area contributed by atoms with E-state index in [-0.39, 0.29) is 29.9 Å². The van der Waals surface area contributed by atoms with Gasteiger partial charge in [-0.25, -0.2) is 14.4 Å². The standard InChI is InChI=1S/C27H37FN4O3S/c1-17(2)24-22(14-13-20-15-21(16-23(33)31(5)6)35-27(3,4)34-20)25(18-9-11-19(28)12-10-18)30-26(29-24)32(7)36-8/h9-14,17,20-21H,15-16H2,1-8H3/b14-13+. The second kappa shape index (κ2) is 11.7. The van der Waals surface area contributed by atoms with Gasteiger partial charge in [-0.2, -0.15) is 0 Å². The number of rotatable bonds is 8. The summed E-state index contributed by atoms with van der Waals surface area (Å²) in [7, 11) is 5.40. The van der Waals surface area contributed by atoms with Crippen LogP contribution in [0.2, 0.25) is 0 Å². The van der Waals surface area contributed by atoms with Crippen molar-refractivity contribution in [2.45, 2.75) is 64.4 Å². The number of carbonyl (C=O) groups excluding carboxylic acids is 1. The maximum Gasteiger partial charge on any atom is 0.236 e. The number of ether oxygens (including phenoxy) is 2. The van der Waals surface area contributed by atoms with Gasteiger partial charge in [-0.1, -0.05) is 37.9 Å². The smallest absolute Gasteiger partial charge is 0.236 e. The van der Waals surface area contributed by atoms with Crippen molar-refractivity contribution >= 4 is 29.9 Å². The van der Waals surface area contributed by atoms with Crippen molar-refractivity contribution in [1.29, 1.82) is 0 Å². The van der Waals surface area contributed by atoms with Crippen LogP contribution in [0, 0.1) is 5.82 Å². The lowest BCUT2D eigenvalue weighted by atomic mass is 9.97. The van der Waals surface area contributed by atoms with Gasteiger partial charge in [0.05, 0.1) is 30.0 Å². The number of nitrogens with zero attached hydrogens (tertiary/aromatic N) is 4. The fourth-order valence-electron chi connectivity index (χ4n) is 4.10. The molecule has 0 bridgehead atoms. The van der Waals surface area contributed by atoms with Gasteiger partial charge in [0.1, 0.15) is 5.82 Å². The number of amides is 1. The summed E-state index contributed by atoms with van der Waals surface area (Å²) in [5.41, 5.74) is 3.29. The van der Waals surface area contributed by atoms with E-state index in [9.17, 15) is 9.18 Å². The second-order valence-corrected chi connectivity index (χ2v) is 10.8. The Bertz CT molecular complexity index is 1090. The number of halogens is 1. The molecule has 2 unspecified atom stereocenters. The zero-order valence-electron chi connectivity index (χ0n) is 22.4. The molecular weight excluding hydrogens is 479 g/mol. The van der Waals surface area contributed by atoms with E-state index in [4.69, 9.17) is 19.4 Å². The van der Waals surface area contributed by atoms with Gasteiger partial charge in [0.2, 0.25) is 11.9 Å². The first-order chi connectivity index (χ1) is 16.9. The quantitative estimate of drug-likeness (QED) is 0.428. The Kier molecular flexibility index (Phi) is 9.13. The van der Waals surface area contributed by atoms with Gasteiger partial charge < -0.3 is 14.4 Å². The van der Waals surface area contributed by atoms with Gasteiger partial charge in [0.15, 0.2) is 5.79 Å². The molecule has 1 aliphatic heterocycles. The van der Waals surface area contributed by atoms with Gasteiger partial charge in [0, 0.05) is 44.9 Å². The van der Waals surface area contributed by atoms with Crippen molar-refractivity contribution in [2.24, 2.45) is 0 Å². The van der Waals surface area contributed by atoms with Crippen LogP contribution in [0.25, 0.3) is 17.3 Å². The number of aromatic nitrogens is 2. The molecule has 0 N–H and O–H groups in total. The van der Waals surface area contributed by atoms with Crippen molar-refractivity contribution < 1.29 is 18.7 Å². The Morgan fingerprint density at radius 2 is 1.86 bits per heavy atom. The van der Waals surface area contributed by atoms with Crippen LogP contribution in [0.5, 0.6) is 0 Å².